The molecule has 0 aliphatic heterocycles. The number of para-hydroxylation sites is 1. The fourth-order valence-electron chi connectivity index (χ4n) is 1.93. The van der Waals surface area contributed by atoms with Crippen molar-refractivity contribution in [3.63, 3.8) is 0 Å². The molecule has 21 heavy (non-hydrogen) atoms. The number of nitrogen functional groups attached to an aromatic ring is 1. The van der Waals surface area contributed by atoms with Gasteiger partial charge in [-0.1, -0.05) is 18.2 Å². The number of benzene rings is 2. The predicted octanol–water partition coefficient (Wildman–Crippen LogP) is 2.57. The van der Waals surface area contributed by atoms with Gasteiger partial charge in [0.15, 0.2) is 11.5 Å². The highest BCUT2D eigenvalue weighted by Gasteiger charge is 2.09. The van der Waals surface area contributed by atoms with E-state index < -0.39 is 0 Å². The predicted molar refractivity (Wildman–Crippen MR) is 81.3 cm³/mol. The molecule has 0 saturated heterocycles. The number of ether oxygens (including phenoxy) is 3. The van der Waals surface area contributed by atoms with E-state index >= 15 is 0 Å². The zero-order valence-electron chi connectivity index (χ0n) is 12.1. The molecule has 2 aromatic carbocycles. The summed E-state index contributed by atoms with van der Waals surface area (Å²) in [6, 6.07) is 12.8. The lowest BCUT2D eigenvalue weighted by atomic mass is 10.2. The first-order chi connectivity index (χ1) is 10.2. The largest absolute Gasteiger partial charge is 0.496 e. The van der Waals surface area contributed by atoms with E-state index in [-0.39, 0.29) is 5.84 Å². The smallest absolute Gasteiger partial charge is 0.161 e. The molecule has 0 spiro atoms. The van der Waals surface area contributed by atoms with Gasteiger partial charge < -0.3 is 19.9 Å². The van der Waals surface area contributed by atoms with Gasteiger partial charge >= 0.3 is 0 Å². The monoisotopic (exact) mass is 286 g/mol. The zero-order chi connectivity index (χ0) is 15.2. The summed E-state index contributed by atoms with van der Waals surface area (Å²) in [5, 5.41) is 7.43. The van der Waals surface area contributed by atoms with Crippen LogP contribution in [-0.4, -0.2) is 20.1 Å². The normalized spacial score (nSPS) is 10.0. The third kappa shape index (κ3) is 3.45. The van der Waals surface area contributed by atoms with Crippen LogP contribution in [0.15, 0.2) is 42.5 Å². The Hall–Kier alpha value is -2.69. The second-order valence-electron chi connectivity index (χ2n) is 4.38. The van der Waals surface area contributed by atoms with E-state index in [9.17, 15) is 0 Å². The summed E-state index contributed by atoms with van der Waals surface area (Å²) in [4.78, 5) is 0. The van der Waals surface area contributed by atoms with Crippen LogP contribution in [0.2, 0.25) is 0 Å². The van der Waals surface area contributed by atoms with Crippen LogP contribution in [0, 0.1) is 5.41 Å². The van der Waals surface area contributed by atoms with Gasteiger partial charge in [-0.15, -0.1) is 0 Å². The van der Waals surface area contributed by atoms with E-state index in [1.54, 1.807) is 32.4 Å². The molecule has 0 fully saturated rings. The Balaban J connectivity index is 2.18. The van der Waals surface area contributed by atoms with Gasteiger partial charge in [0, 0.05) is 11.1 Å². The van der Waals surface area contributed by atoms with Crippen LogP contribution >= 0.6 is 0 Å². The molecule has 0 heterocycles. The highest BCUT2D eigenvalue weighted by Crippen LogP contribution is 2.29. The molecule has 0 bridgehead atoms. The van der Waals surface area contributed by atoms with Crippen molar-refractivity contribution in [1.29, 1.82) is 5.41 Å². The molecule has 5 nitrogen and oxygen atoms in total. The zero-order valence-corrected chi connectivity index (χ0v) is 12.1. The first-order valence-corrected chi connectivity index (χ1v) is 6.43. The minimum absolute atomic E-state index is 0.00965. The summed E-state index contributed by atoms with van der Waals surface area (Å²) in [5.74, 6) is 1.90. The Labute approximate surface area is 123 Å². The van der Waals surface area contributed by atoms with Crippen LogP contribution in [0.4, 0.5) is 0 Å². The summed E-state index contributed by atoms with van der Waals surface area (Å²) in [5.41, 5.74) is 7.00. The maximum absolute atomic E-state index is 7.43. The first-order valence-electron chi connectivity index (χ1n) is 6.43. The molecule has 0 aliphatic carbocycles. The molecule has 2 rings (SSSR count). The van der Waals surface area contributed by atoms with Crippen molar-refractivity contribution in [1.82, 2.24) is 0 Å². The van der Waals surface area contributed by atoms with E-state index in [0.29, 0.717) is 23.7 Å². The molecule has 3 N–H and O–H groups in total. The van der Waals surface area contributed by atoms with Crippen LogP contribution in [0.5, 0.6) is 17.2 Å². The quantitative estimate of drug-likeness (QED) is 0.632. The fourth-order valence-corrected chi connectivity index (χ4v) is 1.93. The summed E-state index contributed by atoms with van der Waals surface area (Å²) in [6.45, 7) is 0.361. The van der Waals surface area contributed by atoms with Gasteiger partial charge in [0.05, 0.1) is 14.2 Å². The lowest BCUT2D eigenvalue weighted by Gasteiger charge is -2.13. The summed E-state index contributed by atoms with van der Waals surface area (Å²) >= 11 is 0. The number of hydrogen-bond acceptors (Lipinski definition) is 4. The Morgan fingerprint density at radius 2 is 1.71 bits per heavy atom. The molecule has 110 valence electrons. The number of methoxy groups -OCH3 is 2. The standard InChI is InChI=1S/C16H18N2O3/c1-19-13-6-4-3-5-12(13)10-21-14-8-7-11(16(17)18)9-15(14)20-2/h3-9H,10H2,1-2H3,(H3,17,18). The van der Waals surface area contributed by atoms with E-state index in [2.05, 4.69) is 0 Å². The van der Waals surface area contributed by atoms with Crippen molar-refractivity contribution in [3.8, 4) is 17.2 Å². The number of nitrogens with one attached hydrogen (secondary N) is 1. The Kier molecular flexibility index (Phi) is 4.66. The van der Waals surface area contributed by atoms with E-state index in [1.807, 2.05) is 24.3 Å². The van der Waals surface area contributed by atoms with Gasteiger partial charge in [0.2, 0.25) is 0 Å². The van der Waals surface area contributed by atoms with E-state index in [1.165, 1.54) is 0 Å². The van der Waals surface area contributed by atoms with Gasteiger partial charge in [0.1, 0.15) is 18.2 Å². The average Bonchev–Trinajstić information content (AvgIpc) is 2.52. The second-order valence-corrected chi connectivity index (χ2v) is 4.38. The van der Waals surface area contributed by atoms with Gasteiger partial charge in [-0.3, -0.25) is 5.41 Å². The van der Waals surface area contributed by atoms with E-state index in [0.717, 1.165) is 11.3 Å². The van der Waals surface area contributed by atoms with Crippen LogP contribution in [-0.2, 0) is 6.61 Å². The van der Waals surface area contributed by atoms with Crippen LogP contribution in [0.3, 0.4) is 0 Å². The molecule has 5 heteroatoms. The number of hydrogen-bond donors (Lipinski definition) is 2. The lowest BCUT2D eigenvalue weighted by molar-refractivity contribution is 0.278. The minimum Gasteiger partial charge on any atom is -0.496 e. The second kappa shape index (κ2) is 6.65. The topological polar surface area (TPSA) is 77.6 Å². The maximum Gasteiger partial charge on any atom is 0.161 e. The molecule has 2 aromatic rings. The highest BCUT2D eigenvalue weighted by molar-refractivity contribution is 5.95. The molecular weight excluding hydrogens is 268 g/mol. The molecule has 0 saturated carbocycles. The molecule has 0 atom stereocenters. The maximum atomic E-state index is 7.43. The Morgan fingerprint density at radius 1 is 1.00 bits per heavy atom. The van der Waals surface area contributed by atoms with Crippen molar-refractivity contribution in [2.45, 2.75) is 6.61 Å². The van der Waals surface area contributed by atoms with E-state index in [4.69, 9.17) is 25.4 Å². The Bertz CT molecular complexity index is 641. The summed E-state index contributed by atoms with van der Waals surface area (Å²) in [6.07, 6.45) is 0. The van der Waals surface area contributed by atoms with Gasteiger partial charge in [-0.05, 0) is 24.3 Å². The third-order valence-corrected chi connectivity index (χ3v) is 3.05. The fraction of sp³-hybridized carbons (Fsp3) is 0.188. The molecule has 0 aromatic heterocycles. The van der Waals surface area contributed by atoms with Crippen molar-refractivity contribution < 1.29 is 14.2 Å². The number of rotatable bonds is 6. The number of nitrogens with two attached hydrogens (primary N) is 1. The molecular formula is C16H18N2O3. The highest BCUT2D eigenvalue weighted by atomic mass is 16.5. The minimum atomic E-state index is -0.00965. The molecule has 0 aliphatic rings. The first kappa shape index (κ1) is 14.7. The van der Waals surface area contributed by atoms with Gasteiger partial charge in [0.25, 0.3) is 0 Å². The number of amidine groups is 1. The van der Waals surface area contributed by atoms with Crippen LogP contribution < -0.4 is 19.9 Å². The third-order valence-electron chi connectivity index (χ3n) is 3.05. The summed E-state index contributed by atoms with van der Waals surface area (Å²) < 4.78 is 16.3. The van der Waals surface area contributed by atoms with Crippen molar-refractivity contribution >= 4 is 5.84 Å². The van der Waals surface area contributed by atoms with Crippen LogP contribution in [0.25, 0.3) is 0 Å². The van der Waals surface area contributed by atoms with Crippen molar-refractivity contribution in [2.75, 3.05) is 14.2 Å². The van der Waals surface area contributed by atoms with Crippen molar-refractivity contribution in [3.05, 3.63) is 53.6 Å². The molecule has 0 amide bonds. The molecule has 0 radical (unpaired) electrons. The van der Waals surface area contributed by atoms with Crippen LogP contribution in [0.1, 0.15) is 11.1 Å². The Morgan fingerprint density at radius 3 is 2.38 bits per heavy atom. The van der Waals surface area contributed by atoms with Crippen molar-refractivity contribution in [2.24, 2.45) is 5.73 Å². The average molecular weight is 286 g/mol. The summed E-state index contributed by atoms with van der Waals surface area (Å²) in [7, 11) is 3.18. The molecule has 0 unspecified atom stereocenters. The van der Waals surface area contributed by atoms with Gasteiger partial charge in [-0.25, -0.2) is 0 Å². The van der Waals surface area contributed by atoms with Gasteiger partial charge in [-0.2, -0.15) is 0 Å². The lowest BCUT2D eigenvalue weighted by Crippen LogP contribution is -2.11. The SMILES string of the molecule is COc1ccccc1COc1ccc(C(=N)N)cc1OC.